The van der Waals surface area contributed by atoms with Crippen LogP contribution in [-0.4, -0.2) is 48.9 Å². The number of rotatable bonds is 5. The zero-order chi connectivity index (χ0) is 21.1. The second-order valence-electron chi connectivity index (χ2n) is 7.50. The number of para-hydroxylation sites is 1. The van der Waals surface area contributed by atoms with Crippen LogP contribution in [-0.2, 0) is 14.3 Å². The maximum atomic E-state index is 13.6. The van der Waals surface area contributed by atoms with Crippen molar-refractivity contribution in [2.75, 3.05) is 31.3 Å². The van der Waals surface area contributed by atoms with E-state index >= 15 is 0 Å². The van der Waals surface area contributed by atoms with E-state index in [4.69, 9.17) is 4.74 Å². The fourth-order valence-electron chi connectivity index (χ4n) is 4.02. The van der Waals surface area contributed by atoms with E-state index in [0.29, 0.717) is 31.2 Å². The summed E-state index contributed by atoms with van der Waals surface area (Å²) in [6, 6.07) is 13.4. The highest BCUT2D eigenvalue weighted by atomic mass is 19.1. The van der Waals surface area contributed by atoms with E-state index in [-0.39, 0.29) is 17.8 Å². The number of carbonyl (C=O) groups is 2. The molecular weight excluding hydrogens is 385 g/mol. The quantitative estimate of drug-likeness (QED) is 0.709. The summed E-state index contributed by atoms with van der Waals surface area (Å²) < 4.78 is 18.7. The maximum absolute atomic E-state index is 13.6. The predicted molar refractivity (Wildman–Crippen MR) is 112 cm³/mol. The van der Waals surface area contributed by atoms with Crippen molar-refractivity contribution < 1.29 is 18.7 Å². The third-order valence-corrected chi connectivity index (χ3v) is 5.41. The van der Waals surface area contributed by atoms with Crippen molar-refractivity contribution in [1.82, 2.24) is 4.90 Å². The topological polar surface area (TPSA) is 62.2 Å². The third kappa shape index (κ3) is 4.11. The van der Waals surface area contributed by atoms with Crippen molar-refractivity contribution in [3.8, 4) is 0 Å². The number of ether oxygens (including phenoxy) is 1. The molecule has 0 aromatic heterocycles. The molecule has 30 heavy (non-hydrogen) atoms. The summed E-state index contributed by atoms with van der Waals surface area (Å²) >= 11 is 0. The fourth-order valence-corrected chi connectivity index (χ4v) is 4.02. The molecule has 7 heteroatoms. The largest absolute Gasteiger partial charge is 0.466 e. The lowest BCUT2D eigenvalue weighted by Gasteiger charge is -2.34. The number of halogens is 1. The molecular formula is C23H24FN3O3. The van der Waals surface area contributed by atoms with Crippen LogP contribution < -0.4 is 4.90 Å². The molecule has 0 N–H and O–H groups in total. The summed E-state index contributed by atoms with van der Waals surface area (Å²) in [7, 11) is 0. The number of piperidine rings is 1. The molecule has 1 unspecified atom stereocenters. The monoisotopic (exact) mass is 409 g/mol. The Kier molecular flexibility index (Phi) is 5.90. The number of carbonyl (C=O) groups excluding carboxylic acids is 2. The van der Waals surface area contributed by atoms with Gasteiger partial charge < -0.3 is 4.74 Å². The van der Waals surface area contributed by atoms with Gasteiger partial charge in [0.2, 0.25) is 0 Å². The second-order valence-corrected chi connectivity index (χ2v) is 7.50. The summed E-state index contributed by atoms with van der Waals surface area (Å²) in [5.41, 5.74) is 2.20. The number of hydrogen-bond donors (Lipinski definition) is 0. The number of esters is 1. The molecule has 1 saturated heterocycles. The lowest BCUT2D eigenvalue weighted by Crippen LogP contribution is -2.47. The van der Waals surface area contributed by atoms with E-state index in [9.17, 15) is 14.0 Å². The normalized spacial score (nSPS) is 20.5. The highest BCUT2D eigenvalue weighted by Gasteiger charge is 2.36. The zero-order valence-electron chi connectivity index (χ0n) is 16.9. The first-order valence-corrected chi connectivity index (χ1v) is 10.2. The molecule has 1 fully saturated rings. The number of fused-ring (bicyclic) bond motifs is 1. The first kappa shape index (κ1) is 20.2. The minimum Gasteiger partial charge on any atom is -0.466 e. The number of anilines is 1. The van der Waals surface area contributed by atoms with Crippen molar-refractivity contribution in [3.63, 3.8) is 0 Å². The van der Waals surface area contributed by atoms with Gasteiger partial charge in [-0.3, -0.25) is 19.4 Å². The van der Waals surface area contributed by atoms with Crippen molar-refractivity contribution >= 4 is 29.0 Å². The Hall–Kier alpha value is -3.06. The van der Waals surface area contributed by atoms with E-state index in [2.05, 4.69) is 9.89 Å². The lowest BCUT2D eigenvalue weighted by molar-refractivity contribution is -0.149. The number of nitrogens with zero attached hydrogens (tertiary/aromatic N) is 3. The molecule has 0 radical (unpaired) electrons. The fraction of sp³-hybridized carbons (Fsp3) is 0.348. The Morgan fingerprint density at radius 1 is 1.23 bits per heavy atom. The molecule has 2 aromatic rings. The zero-order valence-corrected chi connectivity index (χ0v) is 16.9. The summed E-state index contributed by atoms with van der Waals surface area (Å²) in [5.74, 6) is -0.972. The highest BCUT2D eigenvalue weighted by molar-refractivity contribution is 6.54. The maximum Gasteiger partial charge on any atom is 0.310 e. The van der Waals surface area contributed by atoms with Crippen LogP contribution in [0.5, 0.6) is 0 Å². The molecule has 2 aromatic carbocycles. The minimum atomic E-state index is -0.397. The van der Waals surface area contributed by atoms with Crippen LogP contribution in [0.15, 0.2) is 53.5 Å². The van der Waals surface area contributed by atoms with Crippen LogP contribution >= 0.6 is 0 Å². The van der Waals surface area contributed by atoms with Crippen LogP contribution in [0.4, 0.5) is 15.8 Å². The Morgan fingerprint density at radius 3 is 2.87 bits per heavy atom. The Bertz CT molecular complexity index is 991. The first-order chi connectivity index (χ1) is 14.6. The Labute approximate surface area is 175 Å². The summed E-state index contributed by atoms with van der Waals surface area (Å²) in [6.45, 7) is 3.90. The van der Waals surface area contributed by atoms with Gasteiger partial charge in [0.05, 0.1) is 30.6 Å². The molecule has 2 aliphatic heterocycles. The van der Waals surface area contributed by atoms with Crippen molar-refractivity contribution in [1.29, 1.82) is 0 Å². The third-order valence-electron chi connectivity index (χ3n) is 5.41. The van der Waals surface area contributed by atoms with Crippen molar-refractivity contribution in [2.45, 2.75) is 19.8 Å². The van der Waals surface area contributed by atoms with Gasteiger partial charge in [0.1, 0.15) is 11.5 Å². The molecule has 1 atom stereocenters. The first-order valence-electron chi connectivity index (χ1n) is 10.2. The average Bonchev–Trinajstić information content (AvgIpc) is 3.00. The van der Waals surface area contributed by atoms with Crippen LogP contribution in [0.25, 0.3) is 0 Å². The van der Waals surface area contributed by atoms with Gasteiger partial charge in [-0.05, 0) is 50.6 Å². The molecule has 0 aliphatic carbocycles. The van der Waals surface area contributed by atoms with Gasteiger partial charge in [-0.1, -0.05) is 24.3 Å². The van der Waals surface area contributed by atoms with Crippen molar-refractivity contribution in [2.24, 2.45) is 10.9 Å². The minimum absolute atomic E-state index is 0.174. The second kappa shape index (κ2) is 8.75. The number of benzene rings is 2. The van der Waals surface area contributed by atoms with Crippen LogP contribution in [0.2, 0.25) is 0 Å². The van der Waals surface area contributed by atoms with Crippen molar-refractivity contribution in [3.05, 3.63) is 59.9 Å². The molecule has 6 nitrogen and oxygen atoms in total. The summed E-state index contributed by atoms with van der Waals surface area (Å²) in [4.78, 5) is 33.6. The predicted octanol–water partition coefficient (Wildman–Crippen LogP) is 3.53. The van der Waals surface area contributed by atoms with Gasteiger partial charge in [-0.25, -0.2) is 9.38 Å². The molecule has 4 rings (SSSR count). The van der Waals surface area contributed by atoms with Crippen LogP contribution in [0.1, 0.15) is 25.3 Å². The van der Waals surface area contributed by atoms with Crippen LogP contribution in [0.3, 0.4) is 0 Å². The van der Waals surface area contributed by atoms with Gasteiger partial charge in [0.15, 0.2) is 0 Å². The molecule has 0 saturated carbocycles. The summed E-state index contributed by atoms with van der Waals surface area (Å²) in [6.07, 6.45) is 1.67. The van der Waals surface area contributed by atoms with Gasteiger partial charge in [-0.2, -0.15) is 0 Å². The average molecular weight is 409 g/mol. The molecule has 156 valence electrons. The van der Waals surface area contributed by atoms with Gasteiger partial charge in [0, 0.05) is 12.1 Å². The van der Waals surface area contributed by atoms with E-state index in [1.165, 1.54) is 12.1 Å². The van der Waals surface area contributed by atoms with Gasteiger partial charge in [-0.15, -0.1) is 0 Å². The molecule has 0 spiro atoms. The number of likely N-dealkylation sites (tertiary alicyclic amines) is 1. The number of amides is 1. The summed E-state index contributed by atoms with van der Waals surface area (Å²) in [5, 5.41) is 0. The molecule has 2 heterocycles. The standard InChI is InChI=1S/C23H24FN3O3/c1-2-30-23(29)16-7-6-12-26(14-16)15-27-20-11-4-3-10-19(20)21(22(27)28)25-18-9-5-8-17(24)13-18/h3-5,8-11,13,16H,2,6-7,12,14-15H2,1H3. The Balaban J connectivity index is 1.57. The molecule has 1 amide bonds. The molecule has 0 bridgehead atoms. The number of aliphatic imine (C=N–C) groups is 1. The van der Waals surface area contributed by atoms with E-state index in [1.807, 2.05) is 24.3 Å². The van der Waals surface area contributed by atoms with E-state index in [0.717, 1.165) is 30.6 Å². The van der Waals surface area contributed by atoms with E-state index < -0.39 is 5.82 Å². The SMILES string of the molecule is CCOC(=O)C1CCCN(CN2C(=O)C(=Nc3cccc(F)c3)c3ccccc32)C1. The highest BCUT2D eigenvalue weighted by Crippen LogP contribution is 2.31. The van der Waals surface area contributed by atoms with Crippen LogP contribution in [0, 0.1) is 11.7 Å². The van der Waals surface area contributed by atoms with Gasteiger partial charge >= 0.3 is 5.97 Å². The lowest BCUT2D eigenvalue weighted by atomic mass is 9.98. The Morgan fingerprint density at radius 2 is 2.07 bits per heavy atom. The van der Waals surface area contributed by atoms with E-state index in [1.54, 1.807) is 24.0 Å². The molecule has 2 aliphatic rings. The number of hydrogen-bond acceptors (Lipinski definition) is 5. The smallest absolute Gasteiger partial charge is 0.310 e. The van der Waals surface area contributed by atoms with Gasteiger partial charge in [0.25, 0.3) is 5.91 Å².